The predicted molar refractivity (Wildman–Crippen MR) is 71.2 cm³/mol. The molecule has 0 amide bonds. The first-order valence-electron chi connectivity index (χ1n) is 6.53. The highest BCUT2D eigenvalue weighted by atomic mass is 19.3. The molecule has 5 heteroatoms. The molecule has 2 aromatic rings. The van der Waals surface area contributed by atoms with Crippen molar-refractivity contribution in [1.29, 1.82) is 0 Å². The lowest BCUT2D eigenvalue weighted by Crippen LogP contribution is -2.88. The van der Waals surface area contributed by atoms with Gasteiger partial charge in [-0.2, -0.15) is 8.78 Å². The fourth-order valence-electron chi connectivity index (χ4n) is 2.15. The van der Waals surface area contributed by atoms with Gasteiger partial charge in [0.1, 0.15) is 12.5 Å². The average molecular weight is 291 g/mol. The third-order valence-corrected chi connectivity index (χ3v) is 3.25. The molecule has 0 aliphatic heterocycles. The van der Waals surface area contributed by atoms with Gasteiger partial charge >= 0.3 is 5.92 Å². The van der Waals surface area contributed by atoms with Crippen LogP contribution in [0, 0.1) is 0 Å². The molecule has 2 N–H and O–H groups in total. The smallest absolute Gasteiger partial charge is 0.341 e. The van der Waals surface area contributed by atoms with Crippen molar-refractivity contribution in [1.82, 2.24) is 0 Å². The fourth-order valence-corrected chi connectivity index (χ4v) is 2.15. The molecule has 0 bridgehead atoms. The minimum Gasteiger partial charge on any atom is -0.544 e. The number of halogens is 2. The van der Waals surface area contributed by atoms with Crippen LogP contribution in [0.25, 0.3) is 0 Å². The number of quaternary nitrogens is 1. The lowest BCUT2D eigenvalue weighted by Gasteiger charge is -2.26. The molecule has 0 unspecified atom stereocenters. The monoisotopic (exact) mass is 291 g/mol. The first kappa shape index (κ1) is 15.1. The van der Waals surface area contributed by atoms with E-state index < -0.39 is 17.9 Å². The zero-order valence-corrected chi connectivity index (χ0v) is 11.2. The van der Waals surface area contributed by atoms with Crippen molar-refractivity contribution in [3.05, 3.63) is 71.8 Å². The van der Waals surface area contributed by atoms with Crippen LogP contribution < -0.4 is 10.4 Å². The van der Waals surface area contributed by atoms with Crippen molar-refractivity contribution in [2.24, 2.45) is 0 Å². The number of hydrogen-bond acceptors (Lipinski definition) is 2. The summed E-state index contributed by atoms with van der Waals surface area (Å²) >= 11 is 0. The Morgan fingerprint density at radius 2 is 1.57 bits per heavy atom. The molecule has 0 aliphatic carbocycles. The van der Waals surface area contributed by atoms with Crippen LogP contribution in [0.4, 0.5) is 8.78 Å². The van der Waals surface area contributed by atoms with Gasteiger partial charge in [-0.3, -0.25) is 0 Å². The number of rotatable bonds is 6. The normalized spacial score (nSPS) is 12.9. The second-order valence-electron chi connectivity index (χ2n) is 4.72. The Bertz CT molecular complexity index is 588. The topological polar surface area (TPSA) is 56.7 Å². The van der Waals surface area contributed by atoms with Gasteiger partial charge in [-0.15, -0.1) is 0 Å². The summed E-state index contributed by atoms with van der Waals surface area (Å²) < 4.78 is 27.8. The number of nitrogens with two attached hydrogens (primary N) is 1. The number of carboxylic acid groups (broad SMARTS) is 1. The fraction of sp³-hybridized carbons (Fsp3) is 0.188. The Morgan fingerprint density at radius 3 is 2.10 bits per heavy atom. The SMILES string of the molecule is O=C([O-])C(F)(F)[C@H]([NH2+]Cc1ccccc1)c1ccccc1. The Hall–Kier alpha value is -2.27. The second kappa shape index (κ2) is 6.45. The van der Waals surface area contributed by atoms with E-state index in [4.69, 9.17) is 0 Å². The predicted octanol–water partition coefficient (Wildman–Crippen LogP) is 0.877. The highest BCUT2D eigenvalue weighted by Crippen LogP contribution is 2.27. The lowest BCUT2D eigenvalue weighted by atomic mass is 10.00. The van der Waals surface area contributed by atoms with E-state index in [1.54, 1.807) is 42.5 Å². The van der Waals surface area contributed by atoms with Gasteiger partial charge in [0.2, 0.25) is 0 Å². The van der Waals surface area contributed by atoms with Crippen LogP contribution in [0.15, 0.2) is 60.7 Å². The Balaban J connectivity index is 2.23. The van der Waals surface area contributed by atoms with E-state index in [-0.39, 0.29) is 12.1 Å². The summed E-state index contributed by atoms with van der Waals surface area (Å²) in [5.74, 6) is -6.31. The standard InChI is InChI=1S/C16H15F2NO2/c17-16(18,15(20)21)14(13-9-5-2-6-10-13)19-11-12-7-3-1-4-8-12/h1-10,14,19H,11H2,(H,20,21)/t14-/m1/s1. The molecule has 0 spiro atoms. The minimum atomic E-state index is -3.95. The van der Waals surface area contributed by atoms with Crippen molar-refractivity contribution >= 4 is 5.97 Å². The van der Waals surface area contributed by atoms with Crippen LogP contribution in [0.1, 0.15) is 17.2 Å². The minimum absolute atomic E-state index is 0.252. The summed E-state index contributed by atoms with van der Waals surface area (Å²) in [5, 5.41) is 12.1. The van der Waals surface area contributed by atoms with Crippen molar-refractivity contribution in [3.63, 3.8) is 0 Å². The largest absolute Gasteiger partial charge is 0.544 e. The molecule has 0 saturated heterocycles. The Morgan fingerprint density at radius 1 is 1.05 bits per heavy atom. The van der Waals surface area contributed by atoms with Crippen LogP contribution in [0.5, 0.6) is 0 Å². The van der Waals surface area contributed by atoms with E-state index in [0.29, 0.717) is 0 Å². The molecule has 110 valence electrons. The molecule has 1 atom stereocenters. The van der Waals surface area contributed by atoms with E-state index in [9.17, 15) is 18.7 Å². The number of hydrogen-bond donors (Lipinski definition) is 1. The van der Waals surface area contributed by atoms with Crippen LogP contribution >= 0.6 is 0 Å². The summed E-state index contributed by atoms with van der Waals surface area (Å²) in [6.45, 7) is 0.253. The van der Waals surface area contributed by atoms with Crippen molar-refractivity contribution in [2.75, 3.05) is 0 Å². The van der Waals surface area contributed by atoms with Gasteiger partial charge in [0, 0.05) is 11.1 Å². The zero-order chi connectivity index (χ0) is 15.3. The maximum absolute atomic E-state index is 13.9. The molecule has 0 heterocycles. The Kier molecular flexibility index (Phi) is 4.65. The van der Waals surface area contributed by atoms with Crippen molar-refractivity contribution in [2.45, 2.75) is 18.5 Å². The summed E-state index contributed by atoms with van der Waals surface area (Å²) in [6, 6.07) is 15.4. The van der Waals surface area contributed by atoms with Gasteiger partial charge in [-0.1, -0.05) is 60.7 Å². The molecule has 0 radical (unpaired) electrons. The first-order valence-corrected chi connectivity index (χ1v) is 6.53. The second-order valence-corrected chi connectivity index (χ2v) is 4.72. The highest BCUT2D eigenvalue weighted by molar-refractivity contribution is 5.74. The molecule has 0 saturated carbocycles. The maximum atomic E-state index is 13.9. The summed E-state index contributed by atoms with van der Waals surface area (Å²) in [4.78, 5) is 10.8. The maximum Gasteiger partial charge on any atom is 0.341 e. The molecule has 0 fully saturated rings. The molecule has 2 aromatic carbocycles. The van der Waals surface area contributed by atoms with E-state index in [0.717, 1.165) is 5.56 Å². The summed E-state index contributed by atoms with van der Waals surface area (Å²) in [7, 11) is 0. The van der Waals surface area contributed by atoms with Gasteiger partial charge in [-0.25, -0.2) is 0 Å². The van der Waals surface area contributed by atoms with Crippen LogP contribution in [-0.4, -0.2) is 11.9 Å². The van der Waals surface area contributed by atoms with E-state index >= 15 is 0 Å². The van der Waals surface area contributed by atoms with Crippen LogP contribution in [0.3, 0.4) is 0 Å². The zero-order valence-electron chi connectivity index (χ0n) is 11.2. The van der Waals surface area contributed by atoms with E-state index in [1.807, 2.05) is 6.07 Å². The number of benzene rings is 2. The van der Waals surface area contributed by atoms with E-state index in [2.05, 4.69) is 0 Å². The number of aliphatic carboxylic acids is 1. The third kappa shape index (κ3) is 3.64. The van der Waals surface area contributed by atoms with Gasteiger partial charge in [-0.05, 0) is 0 Å². The van der Waals surface area contributed by atoms with E-state index in [1.165, 1.54) is 17.4 Å². The number of alkyl halides is 2. The van der Waals surface area contributed by atoms with Gasteiger partial charge in [0.05, 0.1) is 0 Å². The molecule has 0 aromatic heterocycles. The quantitative estimate of drug-likeness (QED) is 0.859. The summed E-state index contributed by atoms with van der Waals surface area (Å²) in [5.41, 5.74) is 1.09. The summed E-state index contributed by atoms with van der Waals surface area (Å²) in [6.07, 6.45) is 0. The molecule has 21 heavy (non-hydrogen) atoms. The average Bonchev–Trinajstić information content (AvgIpc) is 2.49. The number of carbonyl (C=O) groups is 1. The molecular weight excluding hydrogens is 276 g/mol. The molecule has 0 aliphatic rings. The lowest BCUT2D eigenvalue weighted by molar-refractivity contribution is -0.726. The third-order valence-electron chi connectivity index (χ3n) is 3.25. The van der Waals surface area contributed by atoms with Gasteiger partial charge < -0.3 is 15.2 Å². The van der Waals surface area contributed by atoms with Gasteiger partial charge in [0.25, 0.3) is 0 Å². The molecule has 3 nitrogen and oxygen atoms in total. The van der Waals surface area contributed by atoms with Crippen molar-refractivity contribution < 1.29 is 24.0 Å². The first-order chi connectivity index (χ1) is 10.0. The van der Waals surface area contributed by atoms with Crippen molar-refractivity contribution in [3.8, 4) is 0 Å². The van der Waals surface area contributed by atoms with Crippen LogP contribution in [-0.2, 0) is 11.3 Å². The Labute approximate surface area is 121 Å². The number of carboxylic acids is 1. The van der Waals surface area contributed by atoms with Gasteiger partial charge in [0.15, 0.2) is 6.04 Å². The van der Waals surface area contributed by atoms with Crippen LogP contribution in [0.2, 0.25) is 0 Å². The molecular formula is C16H15F2NO2. The number of carbonyl (C=O) groups excluding carboxylic acids is 1. The molecule has 2 rings (SSSR count). The highest BCUT2D eigenvalue weighted by Gasteiger charge is 2.45.